The van der Waals surface area contributed by atoms with E-state index in [4.69, 9.17) is 4.74 Å². The topological polar surface area (TPSA) is 70.1 Å². The van der Waals surface area contributed by atoms with Gasteiger partial charge >= 0.3 is 0 Å². The predicted molar refractivity (Wildman–Crippen MR) is 76.8 cm³/mol. The SMILES string of the molecule is CN(CC(=O)N1CCOCC1CO)C(=O)c1ccccc1. The Labute approximate surface area is 123 Å². The number of morpholine rings is 1. The van der Waals surface area contributed by atoms with Crippen LogP contribution < -0.4 is 0 Å². The minimum Gasteiger partial charge on any atom is -0.394 e. The molecule has 0 aromatic heterocycles. The Hall–Kier alpha value is -1.92. The van der Waals surface area contributed by atoms with E-state index in [1.807, 2.05) is 6.07 Å². The number of ether oxygens (including phenoxy) is 1. The van der Waals surface area contributed by atoms with Crippen molar-refractivity contribution >= 4 is 11.8 Å². The van der Waals surface area contributed by atoms with Gasteiger partial charge in [-0.15, -0.1) is 0 Å². The van der Waals surface area contributed by atoms with E-state index in [-0.39, 0.29) is 31.0 Å². The van der Waals surface area contributed by atoms with E-state index < -0.39 is 0 Å². The van der Waals surface area contributed by atoms with Crippen LogP contribution in [-0.2, 0) is 9.53 Å². The molecule has 1 fully saturated rings. The summed E-state index contributed by atoms with van der Waals surface area (Å²) in [5.74, 6) is -0.373. The fourth-order valence-corrected chi connectivity index (χ4v) is 2.30. The first-order valence-electron chi connectivity index (χ1n) is 6.92. The Morgan fingerprint density at radius 2 is 2.10 bits per heavy atom. The molecule has 1 atom stereocenters. The minimum atomic E-state index is -0.327. The van der Waals surface area contributed by atoms with Crippen LogP contribution in [0.3, 0.4) is 0 Å². The van der Waals surface area contributed by atoms with E-state index in [0.29, 0.717) is 25.3 Å². The van der Waals surface area contributed by atoms with Gasteiger partial charge in [-0.2, -0.15) is 0 Å². The second-order valence-electron chi connectivity index (χ2n) is 5.03. The van der Waals surface area contributed by atoms with Crippen LogP contribution in [0.4, 0.5) is 0 Å². The van der Waals surface area contributed by atoms with E-state index in [1.54, 1.807) is 36.2 Å². The van der Waals surface area contributed by atoms with Gasteiger partial charge in [0.15, 0.2) is 0 Å². The highest BCUT2D eigenvalue weighted by molar-refractivity contribution is 5.96. The number of hydrogen-bond donors (Lipinski definition) is 1. The van der Waals surface area contributed by atoms with Crippen LogP contribution in [0, 0.1) is 0 Å². The molecule has 2 rings (SSSR count). The van der Waals surface area contributed by atoms with Gasteiger partial charge in [-0.3, -0.25) is 9.59 Å². The lowest BCUT2D eigenvalue weighted by Gasteiger charge is -2.35. The Balaban J connectivity index is 1.97. The van der Waals surface area contributed by atoms with Crippen molar-refractivity contribution < 1.29 is 19.4 Å². The molecular formula is C15H20N2O4. The lowest BCUT2D eigenvalue weighted by Crippen LogP contribution is -2.53. The number of amides is 2. The molecular weight excluding hydrogens is 272 g/mol. The van der Waals surface area contributed by atoms with Crippen molar-refractivity contribution in [2.75, 3.05) is 40.0 Å². The molecule has 1 aliphatic rings. The van der Waals surface area contributed by atoms with Crippen LogP contribution in [0.25, 0.3) is 0 Å². The first-order chi connectivity index (χ1) is 10.1. The van der Waals surface area contributed by atoms with Crippen LogP contribution in [0.2, 0.25) is 0 Å². The summed E-state index contributed by atoms with van der Waals surface area (Å²) >= 11 is 0. The largest absolute Gasteiger partial charge is 0.394 e. The van der Waals surface area contributed by atoms with Gasteiger partial charge in [0.2, 0.25) is 5.91 Å². The molecule has 1 aromatic rings. The van der Waals surface area contributed by atoms with E-state index in [0.717, 1.165) is 0 Å². The first-order valence-corrected chi connectivity index (χ1v) is 6.92. The average Bonchev–Trinajstić information content (AvgIpc) is 2.54. The average molecular weight is 292 g/mol. The molecule has 1 aliphatic heterocycles. The summed E-state index contributed by atoms with van der Waals surface area (Å²) < 4.78 is 5.24. The van der Waals surface area contributed by atoms with Gasteiger partial charge in [0.25, 0.3) is 5.91 Å². The number of likely N-dealkylation sites (N-methyl/N-ethyl adjacent to an activating group) is 1. The van der Waals surface area contributed by atoms with Gasteiger partial charge in [0.05, 0.1) is 32.4 Å². The second kappa shape index (κ2) is 7.19. The number of aliphatic hydroxyl groups excluding tert-OH is 1. The van der Waals surface area contributed by atoms with Crippen LogP contribution in [-0.4, -0.2) is 72.7 Å². The van der Waals surface area contributed by atoms with Gasteiger partial charge < -0.3 is 19.6 Å². The quantitative estimate of drug-likeness (QED) is 0.846. The molecule has 114 valence electrons. The van der Waals surface area contributed by atoms with Gasteiger partial charge in [-0.25, -0.2) is 0 Å². The molecule has 0 aliphatic carbocycles. The predicted octanol–water partition coefficient (Wildman–Crippen LogP) is -0.0217. The zero-order valence-corrected chi connectivity index (χ0v) is 12.1. The molecule has 1 unspecified atom stereocenters. The number of nitrogens with zero attached hydrogens (tertiary/aromatic N) is 2. The number of benzene rings is 1. The van der Waals surface area contributed by atoms with Crippen LogP contribution in [0.1, 0.15) is 10.4 Å². The van der Waals surface area contributed by atoms with Crippen LogP contribution in [0.15, 0.2) is 30.3 Å². The Bertz CT molecular complexity index is 492. The molecule has 0 bridgehead atoms. The first kappa shape index (κ1) is 15.5. The standard InChI is InChI=1S/C15H20N2O4/c1-16(15(20)12-5-3-2-4-6-12)9-14(19)17-7-8-21-11-13(17)10-18/h2-6,13,18H,7-11H2,1H3. The van der Waals surface area contributed by atoms with E-state index >= 15 is 0 Å². The number of rotatable bonds is 4. The molecule has 2 amide bonds. The highest BCUT2D eigenvalue weighted by Gasteiger charge is 2.28. The Kier molecular flexibility index (Phi) is 5.30. The van der Waals surface area contributed by atoms with Crippen molar-refractivity contribution in [2.24, 2.45) is 0 Å². The number of carbonyl (C=O) groups excluding carboxylic acids is 2. The third-order valence-corrected chi connectivity index (χ3v) is 3.50. The van der Waals surface area contributed by atoms with Crippen molar-refractivity contribution in [1.29, 1.82) is 0 Å². The smallest absolute Gasteiger partial charge is 0.254 e. The van der Waals surface area contributed by atoms with Crippen molar-refractivity contribution in [3.8, 4) is 0 Å². The summed E-state index contributed by atoms with van der Waals surface area (Å²) in [6.07, 6.45) is 0. The summed E-state index contributed by atoms with van der Waals surface area (Å²) in [5, 5.41) is 9.28. The maximum Gasteiger partial charge on any atom is 0.254 e. The summed E-state index contributed by atoms with van der Waals surface area (Å²) in [6.45, 7) is 1.08. The summed E-state index contributed by atoms with van der Waals surface area (Å²) in [7, 11) is 1.60. The monoisotopic (exact) mass is 292 g/mol. The van der Waals surface area contributed by atoms with Crippen LogP contribution >= 0.6 is 0 Å². The summed E-state index contributed by atoms with van der Waals surface area (Å²) in [5.41, 5.74) is 0.550. The summed E-state index contributed by atoms with van der Waals surface area (Å²) in [6, 6.07) is 8.51. The van der Waals surface area contributed by atoms with Crippen molar-refractivity contribution in [3.05, 3.63) is 35.9 Å². The maximum absolute atomic E-state index is 12.3. The van der Waals surface area contributed by atoms with Gasteiger partial charge in [0, 0.05) is 19.2 Å². The highest BCUT2D eigenvalue weighted by Crippen LogP contribution is 2.09. The number of hydrogen-bond acceptors (Lipinski definition) is 4. The Morgan fingerprint density at radius 1 is 1.38 bits per heavy atom. The van der Waals surface area contributed by atoms with E-state index in [9.17, 15) is 14.7 Å². The maximum atomic E-state index is 12.3. The molecule has 21 heavy (non-hydrogen) atoms. The molecule has 0 radical (unpaired) electrons. The lowest BCUT2D eigenvalue weighted by atomic mass is 10.2. The van der Waals surface area contributed by atoms with Crippen LogP contribution in [0.5, 0.6) is 0 Å². The van der Waals surface area contributed by atoms with E-state index in [1.165, 1.54) is 4.90 Å². The molecule has 6 heteroatoms. The zero-order valence-electron chi connectivity index (χ0n) is 12.1. The van der Waals surface area contributed by atoms with Crippen molar-refractivity contribution in [3.63, 3.8) is 0 Å². The Morgan fingerprint density at radius 3 is 2.76 bits per heavy atom. The van der Waals surface area contributed by atoms with Gasteiger partial charge in [0.1, 0.15) is 0 Å². The minimum absolute atomic E-state index is 0.00969. The molecule has 0 spiro atoms. The van der Waals surface area contributed by atoms with Gasteiger partial charge in [-0.05, 0) is 12.1 Å². The number of carbonyl (C=O) groups is 2. The van der Waals surface area contributed by atoms with Crippen molar-refractivity contribution in [1.82, 2.24) is 9.80 Å². The molecule has 6 nitrogen and oxygen atoms in total. The fourth-order valence-electron chi connectivity index (χ4n) is 2.30. The molecule has 0 saturated carbocycles. The third kappa shape index (κ3) is 3.80. The third-order valence-electron chi connectivity index (χ3n) is 3.50. The van der Waals surface area contributed by atoms with E-state index in [2.05, 4.69) is 0 Å². The fraction of sp³-hybridized carbons (Fsp3) is 0.467. The lowest BCUT2D eigenvalue weighted by molar-refractivity contribution is -0.142. The van der Waals surface area contributed by atoms with Gasteiger partial charge in [-0.1, -0.05) is 18.2 Å². The molecule has 1 heterocycles. The molecule has 1 N–H and O–H groups in total. The second-order valence-corrected chi connectivity index (χ2v) is 5.03. The highest BCUT2D eigenvalue weighted by atomic mass is 16.5. The number of aliphatic hydroxyl groups is 1. The van der Waals surface area contributed by atoms with Crippen molar-refractivity contribution in [2.45, 2.75) is 6.04 Å². The normalized spacial score (nSPS) is 18.4. The molecule has 1 aromatic carbocycles. The zero-order chi connectivity index (χ0) is 15.2. The summed E-state index contributed by atoms with van der Waals surface area (Å²) in [4.78, 5) is 27.4. The molecule has 1 saturated heterocycles.